The number of carboxylic acids is 1. The van der Waals surface area contributed by atoms with Crippen LogP contribution in [0.3, 0.4) is 0 Å². The van der Waals surface area contributed by atoms with Gasteiger partial charge in [0.1, 0.15) is 7.05 Å². The molecule has 3 rings (SSSR count). The Kier molecular flexibility index (Phi) is 2.71. The van der Waals surface area contributed by atoms with Crippen molar-refractivity contribution in [1.29, 1.82) is 0 Å². The molecule has 3 aromatic rings. The Balaban J connectivity index is 2.71. The summed E-state index contributed by atoms with van der Waals surface area (Å²) >= 11 is 0. The van der Waals surface area contributed by atoms with Gasteiger partial charge in [0.2, 0.25) is 11.0 Å². The van der Waals surface area contributed by atoms with Crippen LogP contribution < -0.4 is 4.57 Å². The highest BCUT2D eigenvalue weighted by Gasteiger charge is 2.23. The van der Waals surface area contributed by atoms with Crippen molar-refractivity contribution in [3.05, 3.63) is 53.1 Å². The molecule has 1 N–H and O–H groups in total. The highest BCUT2D eigenvalue weighted by molar-refractivity contribution is 6.13. The van der Waals surface area contributed by atoms with Crippen molar-refractivity contribution in [3.8, 4) is 0 Å². The molecule has 0 bridgehead atoms. The van der Waals surface area contributed by atoms with Crippen molar-refractivity contribution < 1.29 is 14.5 Å². The monoisotopic (exact) mass is 266 g/mol. The van der Waals surface area contributed by atoms with Gasteiger partial charge in [0.15, 0.2) is 0 Å². The van der Waals surface area contributed by atoms with E-state index in [1.165, 1.54) is 0 Å². The van der Waals surface area contributed by atoms with Gasteiger partial charge in [-0.15, -0.1) is 0 Å². The third kappa shape index (κ3) is 1.67. The summed E-state index contributed by atoms with van der Waals surface area (Å²) in [5.41, 5.74) is 4.42. The molecular formula is C17H16NO2+. The third-order valence-corrected chi connectivity index (χ3v) is 3.82. The summed E-state index contributed by atoms with van der Waals surface area (Å²) in [4.78, 5) is 11.8. The number of para-hydroxylation sites is 1. The maximum Gasteiger partial charge on any atom is 0.337 e. The number of aromatic carboxylic acids is 1. The van der Waals surface area contributed by atoms with Gasteiger partial charge in [0.05, 0.1) is 16.3 Å². The van der Waals surface area contributed by atoms with Gasteiger partial charge in [-0.05, 0) is 31.0 Å². The molecule has 0 aliphatic heterocycles. The van der Waals surface area contributed by atoms with E-state index in [2.05, 4.69) is 4.57 Å². The molecule has 0 atom stereocenters. The van der Waals surface area contributed by atoms with Gasteiger partial charge >= 0.3 is 5.97 Å². The SMILES string of the molecule is Cc1cc(C)c2c(C(=O)O)c3ccccc3[n+](C)c2c1. The number of nitrogens with zero attached hydrogens (tertiary/aromatic N) is 1. The highest BCUT2D eigenvalue weighted by Crippen LogP contribution is 2.28. The zero-order valence-electron chi connectivity index (χ0n) is 11.8. The molecule has 2 aromatic carbocycles. The number of fused-ring (bicyclic) bond motifs is 2. The Labute approximate surface area is 117 Å². The molecule has 0 radical (unpaired) electrons. The second-order valence-electron chi connectivity index (χ2n) is 5.23. The first-order valence-corrected chi connectivity index (χ1v) is 6.55. The Bertz CT molecular complexity index is 866. The molecule has 20 heavy (non-hydrogen) atoms. The van der Waals surface area contributed by atoms with Crippen molar-refractivity contribution in [2.24, 2.45) is 7.05 Å². The predicted molar refractivity (Wildman–Crippen MR) is 79.1 cm³/mol. The van der Waals surface area contributed by atoms with Crippen molar-refractivity contribution >= 4 is 27.8 Å². The number of hydrogen-bond acceptors (Lipinski definition) is 1. The molecule has 3 heteroatoms. The van der Waals surface area contributed by atoms with Gasteiger partial charge in [0, 0.05) is 12.1 Å². The van der Waals surface area contributed by atoms with Crippen LogP contribution in [0.5, 0.6) is 0 Å². The fraction of sp³-hybridized carbons (Fsp3) is 0.176. The number of carboxylic acid groups (broad SMARTS) is 1. The smallest absolute Gasteiger partial charge is 0.337 e. The van der Waals surface area contributed by atoms with Crippen molar-refractivity contribution in [1.82, 2.24) is 0 Å². The van der Waals surface area contributed by atoms with Crippen LogP contribution in [-0.4, -0.2) is 11.1 Å². The fourth-order valence-electron chi connectivity index (χ4n) is 3.00. The number of aromatic nitrogens is 1. The summed E-state index contributed by atoms with van der Waals surface area (Å²) in [6.07, 6.45) is 0. The molecular weight excluding hydrogens is 250 g/mol. The minimum Gasteiger partial charge on any atom is -0.478 e. The number of rotatable bonds is 1. The zero-order chi connectivity index (χ0) is 14.4. The van der Waals surface area contributed by atoms with Gasteiger partial charge in [-0.2, -0.15) is 4.57 Å². The first-order chi connectivity index (χ1) is 9.50. The van der Waals surface area contributed by atoms with Gasteiger partial charge in [-0.3, -0.25) is 0 Å². The number of hydrogen-bond donors (Lipinski definition) is 1. The lowest BCUT2D eigenvalue weighted by molar-refractivity contribution is -0.617. The van der Waals surface area contributed by atoms with Crippen LogP contribution in [0.2, 0.25) is 0 Å². The van der Waals surface area contributed by atoms with E-state index in [0.29, 0.717) is 5.56 Å². The average molecular weight is 266 g/mol. The molecule has 0 unspecified atom stereocenters. The second kappa shape index (κ2) is 4.30. The minimum atomic E-state index is -0.876. The normalized spacial score (nSPS) is 11.2. The molecule has 0 fully saturated rings. The van der Waals surface area contributed by atoms with Gasteiger partial charge in [0.25, 0.3) is 0 Å². The molecule has 1 aromatic heterocycles. The summed E-state index contributed by atoms with van der Waals surface area (Å²) in [7, 11) is 1.98. The quantitative estimate of drug-likeness (QED) is 0.543. The van der Waals surface area contributed by atoms with Gasteiger partial charge in [-0.25, -0.2) is 4.79 Å². The van der Waals surface area contributed by atoms with E-state index < -0.39 is 5.97 Å². The minimum absolute atomic E-state index is 0.395. The highest BCUT2D eigenvalue weighted by atomic mass is 16.4. The fourth-order valence-corrected chi connectivity index (χ4v) is 3.00. The molecule has 100 valence electrons. The van der Waals surface area contributed by atoms with E-state index in [1.807, 2.05) is 57.3 Å². The van der Waals surface area contributed by atoms with Crippen LogP contribution in [0.4, 0.5) is 0 Å². The van der Waals surface area contributed by atoms with E-state index in [-0.39, 0.29) is 0 Å². The number of benzene rings is 2. The molecule has 1 heterocycles. The van der Waals surface area contributed by atoms with Crippen molar-refractivity contribution in [2.45, 2.75) is 13.8 Å². The van der Waals surface area contributed by atoms with Crippen LogP contribution in [-0.2, 0) is 7.05 Å². The number of pyridine rings is 1. The van der Waals surface area contributed by atoms with Crippen molar-refractivity contribution in [2.75, 3.05) is 0 Å². The molecule has 0 aliphatic rings. The Morgan fingerprint density at radius 3 is 2.50 bits per heavy atom. The number of carbonyl (C=O) groups is 1. The Morgan fingerprint density at radius 2 is 1.80 bits per heavy atom. The van der Waals surface area contributed by atoms with E-state index in [4.69, 9.17) is 0 Å². The molecule has 0 spiro atoms. The third-order valence-electron chi connectivity index (χ3n) is 3.82. The topological polar surface area (TPSA) is 41.2 Å². The lowest BCUT2D eigenvalue weighted by Crippen LogP contribution is -2.31. The molecule has 0 amide bonds. The molecule has 3 nitrogen and oxygen atoms in total. The van der Waals surface area contributed by atoms with E-state index in [0.717, 1.165) is 32.9 Å². The summed E-state index contributed by atoms with van der Waals surface area (Å²) in [6, 6.07) is 11.7. The van der Waals surface area contributed by atoms with Crippen LogP contribution >= 0.6 is 0 Å². The van der Waals surface area contributed by atoms with Crippen molar-refractivity contribution in [3.63, 3.8) is 0 Å². The van der Waals surface area contributed by atoms with Crippen LogP contribution in [0.15, 0.2) is 36.4 Å². The largest absolute Gasteiger partial charge is 0.478 e. The van der Waals surface area contributed by atoms with Crippen LogP contribution in [0.1, 0.15) is 21.5 Å². The van der Waals surface area contributed by atoms with Gasteiger partial charge in [-0.1, -0.05) is 18.2 Å². The van der Waals surface area contributed by atoms with E-state index >= 15 is 0 Å². The Morgan fingerprint density at radius 1 is 1.10 bits per heavy atom. The Hall–Kier alpha value is -2.42. The summed E-state index contributed by atoms with van der Waals surface area (Å²) in [5, 5.41) is 11.3. The average Bonchev–Trinajstić information content (AvgIpc) is 2.40. The first kappa shape index (κ1) is 12.6. The first-order valence-electron chi connectivity index (χ1n) is 6.55. The predicted octanol–water partition coefficient (Wildman–Crippen LogP) is 3.13. The van der Waals surface area contributed by atoms with Gasteiger partial charge < -0.3 is 5.11 Å². The maximum atomic E-state index is 11.8. The second-order valence-corrected chi connectivity index (χ2v) is 5.23. The maximum absolute atomic E-state index is 11.8. The molecule has 0 saturated heterocycles. The molecule has 0 saturated carbocycles. The number of aryl methyl sites for hydroxylation is 3. The zero-order valence-corrected chi connectivity index (χ0v) is 11.8. The molecule has 0 aliphatic carbocycles. The van der Waals surface area contributed by atoms with E-state index in [1.54, 1.807) is 0 Å². The summed E-state index contributed by atoms with van der Waals surface area (Å²) in [5.74, 6) is -0.876. The lowest BCUT2D eigenvalue weighted by atomic mass is 9.97. The summed E-state index contributed by atoms with van der Waals surface area (Å²) in [6.45, 7) is 4.00. The van der Waals surface area contributed by atoms with E-state index in [9.17, 15) is 9.90 Å². The van der Waals surface area contributed by atoms with Crippen LogP contribution in [0.25, 0.3) is 21.8 Å². The summed E-state index contributed by atoms with van der Waals surface area (Å²) < 4.78 is 2.07. The van der Waals surface area contributed by atoms with Crippen LogP contribution in [0, 0.1) is 13.8 Å². The standard InChI is InChI=1S/C17H15NO2/c1-10-8-11(2)15-14(9-10)18(3)13-7-5-4-6-12(13)16(15)17(19)20/h4-9H,1-3H3/p+1. The lowest BCUT2D eigenvalue weighted by Gasteiger charge is -2.10.